The predicted octanol–water partition coefficient (Wildman–Crippen LogP) is 3.16. The second kappa shape index (κ2) is 6.90. The third-order valence-electron chi connectivity index (χ3n) is 4.40. The lowest BCUT2D eigenvalue weighted by atomic mass is 9.86. The number of aromatic nitrogens is 1. The van der Waals surface area contributed by atoms with Crippen molar-refractivity contribution in [3.8, 4) is 0 Å². The highest BCUT2D eigenvalue weighted by Gasteiger charge is 2.26. The van der Waals surface area contributed by atoms with Crippen LogP contribution in [-0.4, -0.2) is 28.1 Å². The van der Waals surface area contributed by atoms with Gasteiger partial charge in [-0.25, -0.2) is 9.78 Å². The van der Waals surface area contributed by atoms with Gasteiger partial charge in [0, 0.05) is 18.2 Å². The van der Waals surface area contributed by atoms with Gasteiger partial charge in [-0.2, -0.15) is 0 Å². The molecule has 1 aromatic heterocycles. The number of hydrogen-bond donors (Lipinski definition) is 3. The molecule has 0 spiro atoms. The summed E-state index contributed by atoms with van der Waals surface area (Å²) < 4.78 is 5.54. The standard InChI is InChI=1S/C17H21N3O4/c1-2-15-20-13-9-12(7-8-14(13)24-15)19-17(23)18-11-5-3-10(4-6-11)16(21)22/h7-11H,2-6H2,1H3,(H,21,22)(H2,18,19,23). The van der Waals surface area contributed by atoms with Crippen molar-refractivity contribution in [1.82, 2.24) is 10.3 Å². The molecular formula is C17H21N3O4. The maximum atomic E-state index is 12.1. The van der Waals surface area contributed by atoms with Crippen LogP contribution in [0.5, 0.6) is 0 Å². The highest BCUT2D eigenvalue weighted by Crippen LogP contribution is 2.25. The molecule has 3 rings (SSSR count). The first-order valence-corrected chi connectivity index (χ1v) is 8.25. The molecule has 7 nitrogen and oxygen atoms in total. The maximum Gasteiger partial charge on any atom is 0.319 e. The Balaban J connectivity index is 1.56. The summed E-state index contributed by atoms with van der Waals surface area (Å²) in [5.74, 6) is -0.361. The van der Waals surface area contributed by atoms with Crippen molar-refractivity contribution in [2.45, 2.75) is 45.1 Å². The van der Waals surface area contributed by atoms with Crippen molar-refractivity contribution in [1.29, 1.82) is 0 Å². The van der Waals surface area contributed by atoms with Gasteiger partial charge in [-0.1, -0.05) is 6.92 Å². The SMILES string of the molecule is CCc1nc2cc(NC(=O)NC3CCC(C(=O)O)CC3)ccc2o1. The summed E-state index contributed by atoms with van der Waals surface area (Å²) in [5, 5.41) is 14.7. The molecule has 2 amide bonds. The zero-order valence-corrected chi connectivity index (χ0v) is 13.5. The molecule has 1 heterocycles. The monoisotopic (exact) mass is 331 g/mol. The molecule has 24 heavy (non-hydrogen) atoms. The minimum absolute atomic E-state index is 0.0167. The normalized spacial score (nSPS) is 20.7. The minimum atomic E-state index is -0.745. The molecule has 0 radical (unpaired) electrons. The number of carboxylic acids is 1. The van der Waals surface area contributed by atoms with E-state index in [1.165, 1.54) is 0 Å². The number of oxazole rings is 1. The third-order valence-corrected chi connectivity index (χ3v) is 4.40. The van der Waals surface area contributed by atoms with Crippen LogP contribution in [-0.2, 0) is 11.2 Å². The Morgan fingerprint density at radius 2 is 2.04 bits per heavy atom. The fraction of sp³-hybridized carbons (Fsp3) is 0.471. The van der Waals surface area contributed by atoms with Gasteiger partial charge in [0.05, 0.1) is 5.92 Å². The van der Waals surface area contributed by atoms with E-state index in [1.54, 1.807) is 18.2 Å². The number of anilines is 1. The van der Waals surface area contributed by atoms with E-state index in [1.807, 2.05) is 6.92 Å². The number of carbonyl (C=O) groups is 2. The van der Waals surface area contributed by atoms with E-state index >= 15 is 0 Å². The number of benzene rings is 1. The number of rotatable bonds is 4. The zero-order chi connectivity index (χ0) is 17.1. The summed E-state index contributed by atoms with van der Waals surface area (Å²) >= 11 is 0. The van der Waals surface area contributed by atoms with Gasteiger partial charge < -0.3 is 20.2 Å². The summed E-state index contributed by atoms with van der Waals surface area (Å²) in [6, 6.07) is 5.07. The Kier molecular flexibility index (Phi) is 4.69. The molecular weight excluding hydrogens is 310 g/mol. The van der Waals surface area contributed by atoms with Crippen LogP contribution in [0.1, 0.15) is 38.5 Å². The molecule has 0 unspecified atom stereocenters. The molecule has 0 saturated heterocycles. The van der Waals surface area contributed by atoms with Crippen molar-refractivity contribution >= 4 is 28.8 Å². The number of carboxylic acid groups (broad SMARTS) is 1. The predicted molar refractivity (Wildman–Crippen MR) is 88.9 cm³/mol. The lowest BCUT2D eigenvalue weighted by Crippen LogP contribution is -2.40. The molecule has 1 aromatic carbocycles. The Bertz CT molecular complexity index is 747. The Hall–Kier alpha value is -2.57. The summed E-state index contributed by atoms with van der Waals surface area (Å²) in [6.07, 6.45) is 3.30. The van der Waals surface area contributed by atoms with Gasteiger partial charge in [0.1, 0.15) is 5.52 Å². The molecule has 0 aliphatic heterocycles. The summed E-state index contributed by atoms with van der Waals surface area (Å²) in [5.41, 5.74) is 2.06. The summed E-state index contributed by atoms with van der Waals surface area (Å²) in [4.78, 5) is 27.4. The highest BCUT2D eigenvalue weighted by atomic mass is 16.4. The fourth-order valence-corrected chi connectivity index (χ4v) is 3.04. The van der Waals surface area contributed by atoms with E-state index in [2.05, 4.69) is 15.6 Å². The van der Waals surface area contributed by atoms with E-state index in [-0.39, 0.29) is 18.0 Å². The van der Waals surface area contributed by atoms with Crippen molar-refractivity contribution in [2.75, 3.05) is 5.32 Å². The second-order valence-corrected chi connectivity index (χ2v) is 6.13. The smallest absolute Gasteiger partial charge is 0.319 e. The van der Waals surface area contributed by atoms with Gasteiger partial charge in [0.25, 0.3) is 0 Å². The van der Waals surface area contributed by atoms with Crippen LogP contribution < -0.4 is 10.6 Å². The summed E-state index contributed by atoms with van der Waals surface area (Å²) in [6.45, 7) is 1.97. The van der Waals surface area contributed by atoms with Crippen molar-refractivity contribution < 1.29 is 19.1 Å². The van der Waals surface area contributed by atoms with Crippen LogP contribution in [0.25, 0.3) is 11.1 Å². The Labute approximate surface area is 139 Å². The van der Waals surface area contributed by atoms with Gasteiger partial charge in [0.2, 0.25) is 0 Å². The number of urea groups is 1. The molecule has 1 aliphatic carbocycles. The highest BCUT2D eigenvalue weighted by molar-refractivity contribution is 5.91. The number of aryl methyl sites for hydroxylation is 1. The first-order valence-electron chi connectivity index (χ1n) is 8.25. The van der Waals surface area contributed by atoms with Crippen molar-refractivity contribution in [3.63, 3.8) is 0 Å². The van der Waals surface area contributed by atoms with Gasteiger partial charge in [-0.15, -0.1) is 0 Å². The van der Waals surface area contributed by atoms with Gasteiger partial charge >= 0.3 is 12.0 Å². The first-order chi connectivity index (χ1) is 11.5. The minimum Gasteiger partial charge on any atom is -0.481 e. The third kappa shape index (κ3) is 3.67. The average Bonchev–Trinajstić information content (AvgIpc) is 2.97. The number of amides is 2. The first kappa shape index (κ1) is 16.3. The van der Waals surface area contributed by atoms with Crippen LogP contribution in [0, 0.1) is 5.92 Å². The van der Waals surface area contributed by atoms with E-state index in [4.69, 9.17) is 9.52 Å². The molecule has 0 atom stereocenters. The molecule has 128 valence electrons. The lowest BCUT2D eigenvalue weighted by molar-refractivity contribution is -0.142. The number of nitrogens with one attached hydrogen (secondary N) is 2. The van der Waals surface area contributed by atoms with E-state index in [0.717, 1.165) is 6.42 Å². The number of nitrogens with zero attached hydrogens (tertiary/aromatic N) is 1. The molecule has 3 N–H and O–H groups in total. The van der Waals surface area contributed by atoms with E-state index < -0.39 is 5.97 Å². The lowest BCUT2D eigenvalue weighted by Gasteiger charge is -2.26. The largest absolute Gasteiger partial charge is 0.481 e. The van der Waals surface area contributed by atoms with Crippen LogP contribution in [0.4, 0.5) is 10.5 Å². The molecule has 0 bridgehead atoms. The summed E-state index contributed by atoms with van der Waals surface area (Å²) in [7, 11) is 0. The number of carbonyl (C=O) groups excluding carboxylic acids is 1. The van der Waals surface area contributed by atoms with E-state index in [0.29, 0.717) is 48.4 Å². The van der Waals surface area contributed by atoms with Crippen molar-refractivity contribution in [2.24, 2.45) is 5.92 Å². The second-order valence-electron chi connectivity index (χ2n) is 6.13. The topological polar surface area (TPSA) is 104 Å². The Morgan fingerprint density at radius 3 is 2.71 bits per heavy atom. The fourth-order valence-electron chi connectivity index (χ4n) is 3.04. The van der Waals surface area contributed by atoms with Crippen LogP contribution in [0.2, 0.25) is 0 Å². The van der Waals surface area contributed by atoms with Crippen molar-refractivity contribution in [3.05, 3.63) is 24.1 Å². The molecule has 1 fully saturated rings. The van der Waals surface area contributed by atoms with Crippen LogP contribution in [0.3, 0.4) is 0 Å². The van der Waals surface area contributed by atoms with Gasteiger partial charge in [-0.3, -0.25) is 4.79 Å². The molecule has 1 saturated carbocycles. The maximum absolute atomic E-state index is 12.1. The average molecular weight is 331 g/mol. The van der Waals surface area contributed by atoms with Crippen LogP contribution >= 0.6 is 0 Å². The van der Waals surface area contributed by atoms with Gasteiger partial charge in [-0.05, 0) is 43.9 Å². The zero-order valence-electron chi connectivity index (χ0n) is 13.5. The molecule has 7 heteroatoms. The van der Waals surface area contributed by atoms with Crippen LogP contribution in [0.15, 0.2) is 22.6 Å². The van der Waals surface area contributed by atoms with E-state index in [9.17, 15) is 9.59 Å². The molecule has 1 aliphatic rings. The number of fused-ring (bicyclic) bond motifs is 1. The number of hydrogen-bond acceptors (Lipinski definition) is 4. The molecule has 2 aromatic rings. The quantitative estimate of drug-likeness (QED) is 0.798. The van der Waals surface area contributed by atoms with Gasteiger partial charge in [0.15, 0.2) is 11.5 Å². The number of aliphatic carboxylic acids is 1. The Morgan fingerprint density at radius 1 is 1.29 bits per heavy atom.